The third kappa shape index (κ3) is 5.08. The fraction of sp³-hybridized carbons (Fsp3) is 0.600. The molecule has 2 rings (SSSR count). The fourth-order valence-corrected chi connectivity index (χ4v) is 3.36. The summed E-state index contributed by atoms with van der Waals surface area (Å²) in [4.78, 5) is 26.7. The summed E-state index contributed by atoms with van der Waals surface area (Å²) in [5.74, 6) is 0.669. The lowest BCUT2D eigenvalue weighted by atomic mass is 9.93. The Morgan fingerprint density at radius 2 is 1.79 bits per heavy atom. The summed E-state index contributed by atoms with van der Waals surface area (Å²) in [7, 11) is 0. The molecule has 24 heavy (non-hydrogen) atoms. The van der Waals surface area contributed by atoms with Crippen molar-refractivity contribution in [2.75, 3.05) is 13.1 Å². The number of likely N-dealkylation sites (tertiary alicyclic amines) is 1. The van der Waals surface area contributed by atoms with Crippen LogP contribution in [0.5, 0.6) is 0 Å². The molecule has 1 aromatic rings. The second-order valence-corrected chi connectivity index (χ2v) is 7.14. The van der Waals surface area contributed by atoms with Gasteiger partial charge in [-0.1, -0.05) is 51.1 Å². The predicted octanol–water partition coefficient (Wildman–Crippen LogP) is 3.33. The zero-order chi connectivity index (χ0) is 17.5. The van der Waals surface area contributed by atoms with Crippen LogP contribution in [0.1, 0.15) is 57.9 Å². The first-order valence-electron chi connectivity index (χ1n) is 9.14. The van der Waals surface area contributed by atoms with Crippen molar-refractivity contribution in [1.82, 2.24) is 10.2 Å². The van der Waals surface area contributed by atoms with E-state index in [1.165, 1.54) is 0 Å². The van der Waals surface area contributed by atoms with Gasteiger partial charge in [0.1, 0.15) is 0 Å². The number of carbonyl (C=O) groups excluding carboxylic acids is 2. The summed E-state index contributed by atoms with van der Waals surface area (Å²) in [6, 6.07) is 10.2. The Hall–Kier alpha value is -1.84. The number of amides is 2. The van der Waals surface area contributed by atoms with Crippen LogP contribution in [0, 0.1) is 5.92 Å². The van der Waals surface area contributed by atoms with Crippen LogP contribution in [0.4, 0.5) is 0 Å². The number of piperidine rings is 1. The zero-order valence-electron chi connectivity index (χ0n) is 15.1. The van der Waals surface area contributed by atoms with Gasteiger partial charge in [0.15, 0.2) is 0 Å². The molecule has 2 amide bonds. The van der Waals surface area contributed by atoms with Crippen LogP contribution in [-0.4, -0.2) is 35.8 Å². The lowest BCUT2D eigenvalue weighted by molar-refractivity contribution is -0.134. The molecule has 0 aromatic heterocycles. The summed E-state index contributed by atoms with van der Waals surface area (Å²) in [6.45, 7) is 7.63. The molecular formula is C20H30N2O2. The standard InChI is InChI=1S/C20H30N2O2/c1-4-18(16-8-6-5-7-9-16)20(24)22-12-10-17(11-13-22)21-19(23)14-15(2)3/h5-9,15,17-18H,4,10-14H2,1-3H3,(H,21,23)/t18-/m0/s1. The summed E-state index contributed by atoms with van der Waals surface area (Å²) in [5.41, 5.74) is 1.09. The normalized spacial score (nSPS) is 16.9. The van der Waals surface area contributed by atoms with Gasteiger partial charge < -0.3 is 10.2 Å². The molecule has 1 heterocycles. The molecule has 132 valence electrons. The minimum Gasteiger partial charge on any atom is -0.353 e. The van der Waals surface area contributed by atoms with Crippen molar-refractivity contribution in [3.8, 4) is 0 Å². The van der Waals surface area contributed by atoms with E-state index in [9.17, 15) is 9.59 Å². The maximum Gasteiger partial charge on any atom is 0.230 e. The van der Waals surface area contributed by atoms with Gasteiger partial charge in [-0.2, -0.15) is 0 Å². The molecule has 1 aromatic carbocycles. The van der Waals surface area contributed by atoms with E-state index >= 15 is 0 Å². The van der Waals surface area contributed by atoms with Gasteiger partial charge in [0, 0.05) is 25.6 Å². The van der Waals surface area contributed by atoms with Crippen LogP contribution in [-0.2, 0) is 9.59 Å². The highest BCUT2D eigenvalue weighted by molar-refractivity contribution is 5.84. The Balaban J connectivity index is 1.87. The summed E-state index contributed by atoms with van der Waals surface area (Å²) in [6.07, 6.45) is 3.08. The van der Waals surface area contributed by atoms with Gasteiger partial charge in [0.2, 0.25) is 11.8 Å². The van der Waals surface area contributed by atoms with Crippen molar-refractivity contribution in [2.24, 2.45) is 5.92 Å². The van der Waals surface area contributed by atoms with E-state index in [1.54, 1.807) is 0 Å². The summed E-state index contributed by atoms with van der Waals surface area (Å²) in [5, 5.41) is 3.11. The highest BCUT2D eigenvalue weighted by Gasteiger charge is 2.28. The van der Waals surface area contributed by atoms with Gasteiger partial charge in [-0.25, -0.2) is 0 Å². The Morgan fingerprint density at radius 1 is 1.17 bits per heavy atom. The molecule has 4 heteroatoms. The van der Waals surface area contributed by atoms with Gasteiger partial charge in [-0.15, -0.1) is 0 Å². The molecule has 0 saturated carbocycles. The number of hydrogen-bond donors (Lipinski definition) is 1. The monoisotopic (exact) mass is 330 g/mol. The summed E-state index contributed by atoms with van der Waals surface area (Å²) >= 11 is 0. The lowest BCUT2D eigenvalue weighted by Gasteiger charge is -2.34. The number of nitrogens with one attached hydrogen (secondary N) is 1. The molecule has 0 radical (unpaired) electrons. The third-order valence-electron chi connectivity index (χ3n) is 4.67. The molecule has 1 aliphatic rings. The average Bonchev–Trinajstić information content (AvgIpc) is 2.56. The van der Waals surface area contributed by atoms with Crippen molar-refractivity contribution in [3.63, 3.8) is 0 Å². The van der Waals surface area contributed by atoms with Crippen molar-refractivity contribution in [1.29, 1.82) is 0 Å². The van der Waals surface area contributed by atoms with Gasteiger partial charge >= 0.3 is 0 Å². The molecule has 1 saturated heterocycles. The Labute approximate surface area is 145 Å². The molecular weight excluding hydrogens is 300 g/mol. The largest absolute Gasteiger partial charge is 0.353 e. The summed E-state index contributed by atoms with van der Waals surface area (Å²) < 4.78 is 0. The quantitative estimate of drug-likeness (QED) is 0.870. The molecule has 1 aliphatic heterocycles. The lowest BCUT2D eigenvalue weighted by Crippen LogP contribution is -2.47. The van der Waals surface area contributed by atoms with E-state index in [0.717, 1.165) is 37.9 Å². The van der Waals surface area contributed by atoms with Crippen LogP contribution in [0.25, 0.3) is 0 Å². The average molecular weight is 330 g/mol. The van der Waals surface area contributed by atoms with Crippen molar-refractivity contribution >= 4 is 11.8 Å². The Bertz CT molecular complexity index is 534. The van der Waals surface area contributed by atoms with Crippen LogP contribution in [0.15, 0.2) is 30.3 Å². The first-order chi connectivity index (χ1) is 11.5. The molecule has 4 nitrogen and oxygen atoms in total. The molecule has 0 aliphatic carbocycles. The number of nitrogens with zero attached hydrogens (tertiary/aromatic N) is 1. The van der Waals surface area contributed by atoms with Gasteiger partial charge in [-0.3, -0.25) is 9.59 Å². The Morgan fingerprint density at radius 3 is 2.33 bits per heavy atom. The highest BCUT2D eigenvalue weighted by atomic mass is 16.2. The molecule has 0 bridgehead atoms. The van der Waals surface area contributed by atoms with Gasteiger partial charge in [0.05, 0.1) is 5.92 Å². The minimum atomic E-state index is -0.0571. The van der Waals surface area contributed by atoms with E-state index < -0.39 is 0 Å². The highest BCUT2D eigenvalue weighted by Crippen LogP contribution is 2.24. The number of rotatable bonds is 6. The topological polar surface area (TPSA) is 49.4 Å². The second kappa shape index (κ2) is 8.86. The first-order valence-corrected chi connectivity index (χ1v) is 9.14. The first kappa shape index (κ1) is 18.5. The van der Waals surface area contributed by atoms with Crippen LogP contribution in [0.3, 0.4) is 0 Å². The number of carbonyl (C=O) groups is 2. The van der Waals surface area contributed by atoms with Crippen LogP contribution >= 0.6 is 0 Å². The fourth-order valence-electron chi connectivity index (χ4n) is 3.36. The smallest absolute Gasteiger partial charge is 0.230 e. The molecule has 1 atom stereocenters. The SMILES string of the molecule is CC[C@H](C(=O)N1CCC(NC(=O)CC(C)C)CC1)c1ccccc1. The van der Waals surface area contributed by atoms with Gasteiger partial charge in [0.25, 0.3) is 0 Å². The van der Waals surface area contributed by atoms with E-state index in [0.29, 0.717) is 12.3 Å². The predicted molar refractivity (Wildman–Crippen MR) is 96.7 cm³/mol. The van der Waals surface area contributed by atoms with Crippen molar-refractivity contribution in [2.45, 2.75) is 58.4 Å². The maximum atomic E-state index is 12.8. The Kier molecular flexibility index (Phi) is 6.83. The van der Waals surface area contributed by atoms with Crippen LogP contribution in [0.2, 0.25) is 0 Å². The molecule has 0 unspecified atom stereocenters. The third-order valence-corrected chi connectivity index (χ3v) is 4.67. The zero-order valence-corrected chi connectivity index (χ0v) is 15.1. The molecule has 1 N–H and O–H groups in total. The number of hydrogen-bond acceptors (Lipinski definition) is 2. The maximum absolute atomic E-state index is 12.8. The van der Waals surface area contributed by atoms with E-state index in [1.807, 2.05) is 35.2 Å². The van der Waals surface area contributed by atoms with E-state index in [-0.39, 0.29) is 23.8 Å². The minimum absolute atomic E-state index is 0.0571. The van der Waals surface area contributed by atoms with E-state index in [4.69, 9.17) is 0 Å². The second-order valence-electron chi connectivity index (χ2n) is 7.14. The molecule has 0 spiro atoms. The number of benzene rings is 1. The van der Waals surface area contributed by atoms with E-state index in [2.05, 4.69) is 26.1 Å². The van der Waals surface area contributed by atoms with Crippen LogP contribution < -0.4 is 5.32 Å². The van der Waals surface area contributed by atoms with Gasteiger partial charge in [-0.05, 0) is 30.7 Å². The van der Waals surface area contributed by atoms with Crippen molar-refractivity contribution < 1.29 is 9.59 Å². The molecule has 1 fully saturated rings. The van der Waals surface area contributed by atoms with Crippen molar-refractivity contribution in [3.05, 3.63) is 35.9 Å².